The van der Waals surface area contributed by atoms with Crippen molar-refractivity contribution >= 4 is 41.5 Å². The Morgan fingerprint density at radius 3 is 2.92 bits per heavy atom. The fourth-order valence-electron chi connectivity index (χ4n) is 2.54. The van der Waals surface area contributed by atoms with Crippen LogP contribution in [-0.2, 0) is 20.8 Å². The minimum atomic E-state index is -0.327. The summed E-state index contributed by atoms with van der Waals surface area (Å²) in [6.07, 6.45) is 1.40. The Labute approximate surface area is 172 Å². The molecule has 1 atom stereocenters. The number of ether oxygens (including phenoxy) is 2. The Hall–Kier alpha value is -1.39. The molecule has 0 saturated carbocycles. The molecule has 146 valence electrons. The lowest BCUT2D eigenvalue weighted by Crippen LogP contribution is -2.38. The summed E-state index contributed by atoms with van der Waals surface area (Å²) in [5.74, 6) is 0.668. The maximum atomic E-state index is 12.1. The van der Waals surface area contributed by atoms with Gasteiger partial charge < -0.3 is 25.4 Å². The summed E-state index contributed by atoms with van der Waals surface area (Å²) in [7, 11) is 1.67. The van der Waals surface area contributed by atoms with Crippen molar-refractivity contribution in [2.75, 3.05) is 38.7 Å². The van der Waals surface area contributed by atoms with Crippen molar-refractivity contribution in [2.24, 2.45) is 4.99 Å². The molecule has 0 aliphatic carbocycles. The molecule has 0 aromatic heterocycles. The van der Waals surface area contributed by atoms with Crippen LogP contribution < -0.4 is 16.0 Å². The van der Waals surface area contributed by atoms with Gasteiger partial charge in [0.25, 0.3) is 5.91 Å². The molecule has 1 aromatic carbocycles. The topological polar surface area (TPSA) is 84.0 Å². The van der Waals surface area contributed by atoms with Gasteiger partial charge in [-0.15, -0.1) is 24.0 Å². The molecule has 7 nitrogen and oxygen atoms in total. The van der Waals surface area contributed by atoms with Crippen LogP contribution in [0.25, 0.3) is 0 Å². The number of hydrogen-bond donors (Lipinski definition) is 3. The van der Waals surface area contributed by atoms with Gasteiger partial charge in [0.15, 0.2) is 5.96 Å². The highest BCUT2D eigenvalue weighted by molar-refractivity contribution is 14.0. The van der Waals surface area contributed by atoms with Crippen molar-refractivity contribution in [3.63, 3.8) is 0 Å². The standard InChI is InChI=1S/C18H28N4O3.HI/c1-3-19-18(20-9-11-24-2)21-13-14-6-4-7-15(12-14)22-17(23)16-8-5-10-25-16;/h4,6-7,12,16H,3,5,8-11,13H2,1-2H3,(H,22,23)(H2,19,20,21);1H. The van der Waals surface area contributed by atoms with Gasteiger partial charge >= 0.3 is 0 Å². The SMILES string of the molecule is CCNC(=NCc1cccc(NC(=O)C2CCCO2)c1)NCCOC.I. The Balaban J connectivity index is 0.00000338. The lowest BCUT2D eigenvalue weighted by Gasteiger charge is -2.12. The van der Waals surface area contributed by atoms with Crippen molar-refractivity contribution in [3.8, 4) is 0 Å². The van der Waals surface area contributed by atoms with E-state index in [-0.39, 0.29) is 36.0 Å². The second-order valence-corrected chi connectivity index (χ2v) is 5.81. The summed E-state index contributed by atoms with van der Waals surface area (Å²) in [5.41, 5.74) is 1.79. The minimum Gasteiger partial charge on any atom is -0.383 e. The normalized spacial score (nSPS) is 16.7. The fraction of sp³-hybridized carbons (Fsp3) is 0.556. The number of anilines is 1. The lowest BCUT2D eigenvalue weighted by molar-refractivity contribution is -0.124. The number of rotatable bonds is 8. The zero-order chi connectivity index (χ0) is 17.9. The first-order valence-corrected chi connectivity index (χ1v) is 8.75. The minimum absolute atomic E-state index is 0. The Kier molecular flexibility index (Phi) is 11.2. The van der Waals surface area contributed by atoms with Gasteiger partial charge in [0, 0.05) is 32.5 Å². The number of guanidine groups is 1. The second-order valence-electron chi connectivity index (χ2n) is 5.81. The van der Waals surface area contributed by atoms with Gasteiger partial charge in [-0.2, -0.15) is 0 Å². The van der Waals surface area contributed by atoms with Crippen molar-refractivity contribution in [1.82, 2.24) is 10.6 Å². The molecule has 1 aliphatic rings. The zero-order valence-corrected chi connectivity index (χ0v) is 17.7. The van der Waals surface area contributed by atoms with Crippen LogP contribution in [0.2, 0.25) is 0 Å². The number of nitrogens with zero attached hydrogens (tertiary/aromatic N) is 1. The summed E-state index contributed by atoms with van der Waals surface area (Å²) in [6, 6.07) is 7.72. The third-order valence-corrected chi connectivity index (χ3v) is 3.78. The summed E-state index contributed by atoms with van der Waals surface area (Å²) in [6.45, 7) is 5.31. The average molecular weight is 476 g/mol. The fourth-order valence-corrected chi connectivity index (χ4v) is 2.54. The van der Waals surface area contributed by atoms with Crippen molar-refractivity contribution in [2.45, 2.75) is 32.4 Å². The van der Waals surface area contributed by atoms with Crippen molar-refractivity contribution in [1.29, 1.82) is 0 Å². The van der Waals surface area contributed by atoms with E-state index in [1.54, 1.807) is 7.11 Å². The van der Waals surface area contributed by atoms with E-state index in [1.807, 2.05) is 31.2 Å². The van der Waals surface area contributed by atoms with E-state index in [0.29, 0.717) is 26.3 Å². The number of carbonyl (C=O) groups excluding carboxylic acids is 1. The van der Waals surface area contributed by atoms with Gasteiger partial charge in [0.1, 0.15) is 6.10 Å². The van der Waals surface area contributed by atoms with Crippen LogP contribution in [0.1, 0.15) is 25.3 Å². The van der Waals surface area contributed by atoms with Gasteiger partial charge in [0.05, 0.1) is 13.2 Å². The van der Waals surface area contributed by atoms with E-state index in [4.69, 9.17) is 9.47 Å². The number of nitrogens with one attached hydrogen (secondary N) is 3. The van der Waals surface area contributed by atoms with Crippen molar-refractivity contribution < 1.29 is 14.3 Å². The number of hydrogen-bond acceptors (Lipinski definition) is 4. The Morgan fingerprint density at radius 1 is 1.38 bits per heavy atom. The maximum Gasteiger partial charge on any atom is 0.253 e. The van der Waals surface area contributed by atoms with E-state index < -0.39 is 0 Å². The zero-order valence-electron chi connectivity index (χ0n) is 15.4. The van der Waals surface area contributed by atoms with Gasteiger partial charge in [-0.3, -0.25) is 4.79 Å². The summed E-state index contributed by atoms with van der Waals surface area (Å²) >= 11 is 0. The quantitative estimate of drug-likeness (QED) is 0.232. The third-order valence-electron chi connectivity index (χ3n) is 3.78. The largest absolute Gasteiger partial charge is 0.383 e. The molecule has 1 fully saturated rings. The molecule has 1 aromatic rings. The summed E-state index contributed by atoms with van der Waals surface area (Å²) in [5, 5.41) is 9.31. The first-order chi connectivity index (χ1) is 12.2. The first kappa shape index (κ1) is 22.7. The predicted molar refractivity (Wildman–Crippen MR) is 114 cm³/mol. The second kappa shape index (κ2) is 12.9. The molecule has 26 heavy (non-hydrogen) atoms. The van der Waals surface area contributed by atoms with E-state index in [2.05, 4.69) is 20.9 Å². The molecule has 1 amide bonds. The van der Waals surface area contributed by atoms with Gasteiger partial charge in [-0.25, -0.2) is 4.99 Å². The highest BCUT2D eigenvalue weighted by Crippen LogP contribution is 2.16. The molecule has 2 rings (SSSR count). The van der Waals surface area contributed by atoms with E-state index >= 15 is 0 Å². The molecular weight excluding hydrogens is 447 g/mol. The lowest BCUT2D eigenvalue weighted by atomic mass is 10.2. The molecule has 1 heterocycles. The van der Waals surface area contributed by atoms with Crippen LogP contribution in [0.5, 0.6) is 0 Å². The predicted octanol–water partition coefficient (Wildman–Crippen LogP) is 2.12. The van der Waals surface area contributed by atoms with E-state index in [9.17, 15) is 4.79 Å². The van der Waals surface area contributed by atoms with Crippen LogP contribution >= 0.6 is 24.0 Å². The van der Waals surface area contributed by atoms with Crippen LogP contribution in [0.15, 0.2) is 29.3 Å². The van der Waals surface area contributed by atoms with Gasteiger partial charge in [0.2, 0.25) is 0 Å². The maximum absolute atomic E-state index is 12.1. The Bertz CT molecular complexity index is 577. The molecule has 1 aliphatic heterocycles. The number of benzene rings is 1. The number of halogens is 1. The number of methoxy groups -OCH3 is 1. The monoisotopic (exact) mass is 476 g/mol. The molecule has 0 spiro atoms. The number of carbonyl (C=O) groups is 1. The van der Waals surface area contributed by atoms with Crippen molar-refractivity contribution in [3.05, 3.63) is 29.8 Å². The summed E-state index contributed by atoms with van der Waals surface area (Å²) in [4.78, 5) is 16.7. The van der Waals surface area contributed by atoms with Crippen LogP contribution in [0.3, 0.4) is 0 Å². The van der Waals surface area contributed by atoms with E-state index in [1.165, 1.54) is 0 Å². The molecule has 8 heteroatoms. The highest BCUT2D eigenvalue weighted by atomic mass is 127. The van der Waals surface area contributed by atoms with Crippen LogP contribution in [0.4, 0.5) is 5.69 Å². The Morgan fingerprint density at radius 2 is 2.23 bits per heavy atom. The molecule has 0 radical (unpaired) electrons. The average Bonchev–Trinajstić information content (AvgIpc) is 3.15. The number of amides is 1. The van der Waals surface area contributed by atoms with Gasteiger partial charge in [-0.05, 0) is 37.5 Å². The molecule has 0 bridgehead atoms. The van der Waals surface area contributed by atoms with E-state index in [0.717, 1.165) is 36.6 Å². The van der Waals surface area contributed by atoms with Crippen LogP contribution in [0, 0.1) is 0 Å². The number of aliphatic imine (C=N–C) groups is 1. The van der Waals surface area contributed by atoms with Crippen LogP contribution in [-0.4, -0.2) is 51.4 Å². The third kappa shape index (κ3) is 7.88. The summed E-state index contributed by atoms with van der Waals surface area (Å²) < 4.78 is 10.4. The smallest absolute Gasteiger partial charge is 0.253 e. The van der Waals surface area contributed by atoms with Gasteiger partial charge in [-0.1, -0.05) is 12.1 Å². The molecular formula is C18H29IN4O3. The highest BCUT2D eigenvalue weighted by Gasteiger charge is 2.23. The molecule has 1 unspecified atom stereocenters. The molecule has 3 N–H and O–H groups in total. The molecule has 1 saturated heterocycles. The first-order valence-electron chi connectivity index (χ1n) is 8.75.